The Labute approximate surface area is 132 Å². The summed E-state index contributed by atoms with van der Waals surface area (Å²) in [7, 11) is 0. The number of rotatable bonds is 3. The first-order chi connectivity index (χ1) is 9.06. The summed E-state index contributed by atoms with van der Waals surface area (Å²) in [4.78, 5) is 12.1. The Balaban J connectivity index is 1.93. The van der Waals surface area contributed by atoms with E-state index in [9.17, 15) is 4.79 Å². The van der Waals surface area contributed by atoms with E-state index in [0.29, 0.717) is 23.0 Å². The highest BCUT2D eigenvalue weighted by atomic mass is 79.9. The standard InChI is InChI=1S/C14H16BrCl2NO/c15-11-5-10(6-12(16)7-11)14(19)18-8-9-3-1-2-4-13(9)17/h5-7,9,13H,1-4,8H2,(H,18,19). The fourth-order valence-corrected chi connectivity index (χ4v) is 3.63. The van der Waals surface area contributed by atoms with Crippen LogP contribution in [0, 0.1) is 5.92 Å². The minimum Gasteiger partial charge on any atom is -0.352 e. The van der Waals surface area contributed by atoms with E-state index in [1.54, 1.807) is 18.2 Å². The maximum atomic E-state index is 12.1. The molecule has 0 saturated heterocycles. The van der Waals surface area contributed by atoms with Gasteiger partial charge in [0.1, 0.15) is 0 Å². The molecule has 0 aliphatic heterocycles. The van der Waals surface area contributed by atoms with E-state index in [4.69, 9.17) is 23.2 Å². The summed E-state index contributed by atoms with van der Waals surface area (Å²) in [5, 5.41) is 3.68. The van der Waals surface area contributed by atoms with Gasteiger partial charge >= 0.3 is 0 Å². The molecule has 0 bridgehead atoms. The van der Waals surface area contributed by atoms with E-state index in [-0.39, 0.29) is 11.3 Å². The van der Waals surface area contributed by atoms with Crippen LogP contribution in [0.4, 0.5) is 0 Å². The maximum Gasteiger partial charge on any atom is 0.251 e. The largest absolute Gasteiger partial charge is 0.352 e. The molecule has 2 rings (SSSR count). The van der Waals surface area contributed by atoms with Crippen LogP contribution in [0.5, 0.6) is 0 Å². The van der Waals surface area contributed by atoms with Gasteiger partial charge in [0.25, 0.3) is 5.91 Å². The second-order valence-corrected chi connectivity index (χ2v) is 6.84. The second kappa shape index (κ2) is 6.96. The molecule has 0 radical (unpaired) electrons. The van der Waals surface area contributed by atoms with Crippen molar-refractivity contribution in [3.63, 3.8) is 0 Å². The first-order valence-electron chi connectivity index (χ1n) is 6.44. The fourth-order valence-electron chi connectivity index (χ4n) is 2.40. The lowest BCUT2D eigenvalue weighted by Crippen LogP contribution is -2.34. The van der Waals surface area contributed by atoms with Crippen LogP contribution in [0.25, 0.3) is 0 Å². The number of nitrogens with one attached hydrogen (secondary N) is 1. The minimum absolute atomic E-state index is 0.0994. The first-order valence-corrected chi connectivity index (χ1v) is 8.05. The Morgan fingerprint density at radius 2 is 2.05 bits per heavy atom. The van der Waals surface area contributed by atoms with Gasteiger partial charge in [-0.25, -0.2) is 0 Å². The predicted molar refractivity (Wildman–Crippen MR) is 83.1 cm³/mol. The van der Waals surface area contributed by atoms with E-state index < -0.39 is 0 Å². The average molecular weight is 365 g/mol. The molecule has 1 amide bonds. The van der Waals surface area contributed by atoms with E-state index in [1.807, 2.05) is 0 Å². The van der Waals surface area contributed by atoms with Crippen molar-refractivity contribution >= 4 is 45.0 Å². The van der Waals surface area contributed by atoms with Crippen molar-refractivity contribution < 1.29 is 4.79 Å². The molecule has 1 aliphatic carbocycles. The molecule has 0 spiro atoms. The van der Waals surface area contributed by atoms with Crippen LogP contribution >= 0.6 is 39.1 Å². The highest BCUT2D eigenvalue weighted by Crippen LogP contribution is 2.28. The molecule has 0 aromatic heterocycles. The lowest BCUT2D eigenvalue weighted by molar-refractivity contribution is 0.0944. The quantitative estimate of drug-likeness (QED) is 0.778. The Bertz CT molecular complexity index is 447. The molecular weight excluding hydrogens is 349 g/mol. The Morgan fingerprint density at radius 1 is 1.32 bits per heavy atom. The molecule has 2 nitrogen and oxygen atoms in total. The topological polar surface area (TPSA) is 29.1 Å². The van der Waals surface area contributed by atoms with Crippen LogP contribution in [0.3, 0.4) is 0 Å². The van der Waals surface area contributed by atoms with Crippen molar-refractivity contribution in [2.75, 3.05) is 6.54 Å². The molecule has 5 heteroatoms. The number of hydrogen-bond acceptors (Lipinski definition) is 1. The summed E-state index contributed by atoms with van der Waals surface area (Å²) in [5.41, 5.74) is 0.571. The van der Waals surface area contributed by atoms with Gasteiger partial charge < -0.3 is 5.32 Å². The van der Waals surface area contributed by atoms with Gasteiger partial charge in [-0.3, -0.25) is 4.79 Å². The van der Waals surface area contributed by atoms with Gasteiger partial charge in [0.15, 0.2) is 0 Å². The number of hydrogen-bond donors (Lipinski definition) is 1. The number of carbonyl (C=O) groups excluding carboxylic acids is 1. The normalized spacial score (nSPS) is 23.1. The highest BCUT2D eigenvalue weighted by Gasteiger charge is 2.23. The lowest BCUT2D eigenvalue weighted by atomic mass is 9.88. The zero-order valence-corrected chi connectivity index (χ0v) is 13.6. The van der Waals surface area contributed by atoms with Crippen LogP contribution in [-0.2, 0) is 0 Å². The van der Waals surface area contributed by atoms with Crippen molar-refractivity contribution in [3.05, 3.63) is 33.3 Å². The average Bonchev–Trinajstić information content (AvgIpc) is 2.36. The molecular formula is C14H16BrCl2NO. The molecule has 104 valence electrons. The third kappa shape index (κ3) is 4.37. The van der Waals surface area contributed by atoms with Crippen molar-refractivity contribution in [3.8, 4) is 0 Å². The molecule has 19 heavy (non-hydrogen) atoms. The minimum atomic E-state index is -0.0994. The number of benzene rings is 1. The fraction of sp³-hybridized carbons (Fsp3) is 0.500. The zero-order chi connectivity index (χ0) is 13.8. The molecule has 1 fully saturated rings. The third-order valence-corrected chi connectivity index (χ3v) is 4.72. The number of carbonyl (C=O) groups is 1. The van der Waals surface area contributed by atoms with Gasteiger partial charge in [-0.05, 0) is 37.0 Å². The summed E-state index contributed by atoms with van der Waals surface area (Å²) in [6.45, 7) is 0.636. The van der Waals surface area contributed by atoms with Crippen LogP contribution < -0.4 is 5.32 Å². The van der Waals surface area contributed by atoms with E-state index in [0.717, 1.165) is 17.3 Å². The number of halogens is 3. The Kier molecular flexibility index (Phi) is 5.55. The molecule has 1 aromatic rings. The molecule has 1 aromatic carbocycles. The highest BCUT2D eigenvalue weighted by molar-refractivity contribution is 9.10. The SMILES string of the molecule is O=C(NCC1CCCCC1Cl)c1cc(Cl)cc(Br)c1. The maximum absolute atomic E-state index is 12.1. The second-order valence-electron chi connectivity index (χ2n) is 4.93. The molecule has 2 unspecified atom stereocenters. The smallest absolute Gasteiger partial charge is 0.251 e. The zero-order valence-electron chi connectivity index (χ0n) is 10.5. The monoisotopic (exact) mass is 363 g/mol. The summed E-state index contributed by atoms with van der Waals surface area (Å²) in [5.74, 6) is 0.277. The van der Waals surface area contributed by atoms with Gasteiger partial charge in [0, 0.05) is 27.0 Å². The lowest BCUT2D eigenvalue weighted by Gasteiger charge is -2.27. The third-order valence-electron chi connectivity index (χ3n) is 3.47. The van der Waals surface area contributed by atoms with Crippen LogP contribution in [-0.4, -0.2) is 17.8 Å². The van der Waals surface area contributed by atoms with Crippen LogP contribution in [0.2, 0.25) is 5.02 Å². The van der Waals surface area contributed by atoms with Gasteiger partial charge in [-0.15, -0.1) is 11.6 Å². The first kappa shape index (κ1) is 15.1. The van der Waals surface area contributed by atoms with Crippen molar-refractivity contribution in [1.29, 1.82) is 0 Å². The Hall–Kier alpha value is -0.250. The van der Waals surface area contributed by atoms with Crippen molar-refractivity contribution in [1.82, 2.24) is 5.32 Å². The van der Waals surface area contributed by atoms with Gasteiger partial charge in [-0.2, -0.15) is 0 Å². The van der Waals surface area contributed by atoms with Crippen molar-refractivity contribution in [2.24, 2.45) is 5.92 Å². The predicted octanol–water partition coefficient (Wildman–Crippen LogP) is 4.63. The molecule has 1 N–H and O–H groups in total. The summed E-state index contributed by atoms with van der Waals surface area (Å²) in [6, 6.07) is 5.19. The number of amides is 1. The van der Waals surface area contributed by atoms with E-state index in [2.05, 4.69) is 21.2 Å². The van der Waals surface area contributed by atoms with Gasteiger partial charge in [-0.1, -0.05) is 40.4 Å². The van der Waals surface area contributed by atoms with Crippen molar-refractivity contribution in [2.45, 2.75) is 31.1 Å². The van der Waals surface area contributed by atoms with Gasteiger partial charge in [0.05, 0.1) is 0 Å². The van der Waals surface area contributed by atoms with Gasteiger partial charge in [0.2, 0.25) is 0 Å². The summed E-state index contributed by atoms with van der Waals surface area (Å²) in [6.07, 6.45) is 4.53. The number of alkyl halides is 1. The van der Waals surface area contributed by atoms with Crippen LogP contribution in [0.1, 0.15) is 36.0 Å². The molecule has 1 saturated carbocycles. The summed E-state index contributed by atoms with van der Waals surface area (Å²) < 4.78 is 0.804. The molecule has 1 aliphatic rings. The summed E-state index contributed by atoms with van der Waals surface area (Å²) >= 11 is 15.6. The van der Waals surface area contributed by atoms with Crippen LogP contribution in [0.15, 0.2) is 22.7 Å². The molecule has 2 atom stereocenters. The molecule has 0 heterocycles. The Morgan fingerprint density at radius 3 is 2.74 bits per heavy atom. The van der Waals surface area contributed by atoms with E-state index >= 15 is 0 Å². The van der Waals surface area contributed by atoms with E-state index in [1.165, 1.54) is 12.8 Å².